The molecule has 0 spiro atoms. The summed E-state index contributed by atoms with van der Waals surface area (Å²) < 4.78 is 19.0. The standard InChI is InChI=1S/C7H11N3.C7H5N3.C6H12O3.C5H2ClN3.C5H5N3O2.C5H6N2O.2C2H6O.CH4N2O.Cl3OP.HNO2.Na/c2*1-2-7-9-4-3-6(5-8)10-7;1-5(7)4-6(8-2)9-3;6-5-8-2-1-4(3-7)9-5;9-5-6-2-1-4(8-5)3-7-10;1-4-2-3-6-5(8)7-4;2*1-2-3;2-1(3)4;1-5(2,3)4;2-1-3;/h3-4H,2,5,8H2,1H3;2-4H,1H2;6H,4H2,1-3H3;1-2H;1-3,10H,(H,6,8,9);2-3H,1H3,(H,6,7,8);2*3H,2H2,1H3;(H4,2,3,4);;(H,2,3);/q;;;;;;;;;;;+1/p-1/b;;;;7-3+;;;;;;;. The Morgan fingerprint density at radius 2 is 1.29 bits per heavy atom. The summed E-state index contributed by atoms with van der Waals surface area (Å²) in [5.74, 6) is 1.42. The van der Waals surface area contributed by atoms with Crippen LogP contribution in [-0.2, 0) is 31.8 Å². The van der Waals surface area contributed by atoms with Gasteiger partial charge in [-0.25, -0.2) is 54.3 Å². The fourth-order valence-corrected chi connectivity index (χ4v) is 3.28. The minimum atomic E-state index is -3.22. The number of ketones is 1. The molecule has 5 aromatic heterocycles. The second kappa shape index (κ2) is 58.6. The summed E-state index contributed by atoms with van der Waals surface area (Å²) in [4.78, 5) is 82.9. The van der Waals surface area contributed by atoms with Crippen molar-refractivity contribution >= 4 is 74.6 Å². The van der Waals surface area contributed by atoms with Gasteiger partial charge in [-0.05, 0) is 109 Å². The van der Waals surface area contributed by atoms with Crippen LogP contribution >= 0.6 is 50.5 Å². The number of amides is 2. The number of aliphatic hydroxyl groups is 2. The first kappa shape index (κ1) is 82.7. The Labute approximate surface area is 472 Å². The summed E-state index contributed by atoms with van der Waals surface area (Å²) in [5.41, 5.74) is 16.0. The molecule has 0 atom stereocenters. The molecule has 0 aromatic carbocycles. The normalized spacial score (nSPS) is 8.76. The molecular formula is C40H57Cl4N17NaO12P. The zero-order valence-electron chi connectivity index (χ0n) is 41.8. The van der Waals surface area contributed by atoms with Crippen molar-refractivity contribution in [1.29, 1.82) is 10.5 Å². The van der Waals surface area contributed by atoms with Crippen LogP contribution in [0.5, 0.6) is 0 Å². The third kappa shape index (κ3) is 69.8. The maximum Gasteiger partial charge on any atom is 1.00 e. The topological polar surface area (TPSA) is 490 Å². The van der Waals surface area contributed by atoms with Gasteiger partial charge in [0.15, 0.2) is 12.1 Å². The first-order valence-electron chi connectivity index (χ1n) is 19.8. The zero-order chi connectivity index (χ0) is 58.3. The van der Waals surface area contributed by atoms with Crippen LogP contribution in [0.1, 0.15) is 74.2 Å². The number of urea groups is 1. The number of hydrogen-bond acceptors (Lipinski definition) is 25. The SMILES string of the molecule is C=Cc1nccc(C#N)n1.CCO.CCO.CCc1nccc(CN)n1.COC(CC(C)=O)OC.Cc1ccnc(=O)[nH]1.N#Cc1ccnc(Cl)n1.NC(N)=O.O=N[O-].O=P(Cl)(Cl)Cl.O=c1nccc(/C=N/O)[nH]1.[Na+]. The number of nitrogens with two attached hydrogens (primary N) is 3. The van der Waals surface area contributed by atoms with Crippen molar-refractivity contribution in [2.75, 3.05) is 27.4 Å². The molecular weight excluding hydrogens is 1110 g/mol. The van der Waals surface area contributed by atoms with E-state index in [1.54, 1.807) is 32.2 Å². The number of nitrogens with zero attached hydrogens (tertiary/aromatic N) is 12. The van der Waals surface area contributed by atoms with Crippen molar-refractivity contribution in [3.8, 4) is 12.1 Å². The van der Waals surface area contributed by atoms with E-state index in [0.717, 1.165) is 35.2 Å². The van der Waals surface area contributed by atoms with Crippen LogP contribution in [0.2, 0.25) is 5.28 Å². The van der Waals surface area contributed by atoms with Gasteiger partial charge >= 0.3 is 52.2 Å². The van der Waals surface area contributed by atoms with Gasteiger partial charge < -0.3 is 62.2 Å². The quantitative estimate of drug-likeness (QED) is 0.0160. The number of halogens is 4. The molecule has 0 unspecified atom stereocenters. The number of methoxy groups -OCH3 is 2. The van der Waals surface area contributed by atoms with Crippen molar-refractivity contribution in [2.45, 2.75) is 60.3 Å². The molecule has 75 heavy (non-hydrogen) atoms. The second-order valence-electron chi connectivity index (χ2n) is 11.4. The average Bonchev–Trinajstić information content (AvgIpc) is 3.34. The Bertz CT molecular complexity index is 2500. The van der Waals surface area contributed by atoms with Crippen molar-refractivity contribution in [2.24, 2.45) is 27.7 Å². The van der Waals surface area contributed by atoms with Crippen molar-refractivity contribution in [3.63, 3.8) is 0 Å². The third-order valence-corrected chi connectivity index (χ3v) is 5.88. The molecule has 408 valence electrons. The molecule has 0 saturated carbocycles. The van der Waals surface area contributed by atoms with Crippen LogP contribution in [0.25, 0.3) is 6.08 Å². The van der Waals surface area contributed by atoms with Gasteiger partial charge in [-0.2, -0.15) is 10.5 Å². The summed E-state index contributed by atoms with van der Waals surface area (Å²) in [6, 6.07) is 11.0. The van der Waals surface area contributed by atoms with Crippen molar-refractivity contribution in [3.05, 3.63) is 144 Å². The molecule has 5 rings (SSSR count). The summed E-state index contributed by atoms with van der Waals surface area (Å²) in [7, 11) is 3.02. The Morgan fingerprint density at radius 1 is 0.867 bits per heavy atom. The number of H-pyrrole nitrogens is 2. The summed E-state index contributed by atoms with van der Waals surface area (Å²) in [5, 5.41) is 48.4. The second-order valence-corrected chi connectivity index (χ2v) is 18.4. The smallest absolute Gasteiger partial charge is 0.444 e. The molecule has 2 amide bonds. The molecule has 0 aliphatic carbocycles. The number of aryl methyl sites for hydroxylation is 2. The molecule has 0 fully saturated rings. The molecule has 0 radical (unpaired) electrons. The van der Waals surface area contributed by atoms with Gasteiger partial charge in [0.25, 0.3) is 0 Å². The predicted octanol–water partition coefficient (Wildman–Crippen LogP) is 1.82. The number of aliphatic hydroxyl groups excluding tert-OH is 2. The van der Waals surface area contributed by atoms with Crippen LogP contribution in [0.3, 0.4) is 0 Å². The first-order chi connectivity index (χ1) is 34.8. The molecule has 29 nitrogen and oxygen atoms in total. The van der Waals surface area contributed by atoms with Crippen LogP contribution in [-0.4, -0.2) is 117 Å². The fourth-order valence-electron chi connectivity index (χ4n) is 3.13. The Morgan fingerprint density at radius 3 is 1.61 bits per heavy atom. The number of Topliss-reactive ketones (excluding diaryl/α,β-unsaturated/α-hetero) is 1. The van der Waals surface area contributed by atoms with Gasteiger partial charge in [0.1, 0.15) is 35.1 Å². The maximum atomic E-state index is 10.5. The number of ether oxygens (including phenoxy) is 2. The van der Waals surface area contributed by atoms with E-state index in [0.29, 0.717) is 30.2 Å². The number of hydrogen-bond donors (Lipinski definition) is 8. The van der Waals surface area contributed by atoms with E-state index in [1.807, 2.05) is 32.1 Å². The van der Waals surface area contributed by atoms with Gasteiger partial charge in [0.05, 0.1) is 24.0 Å². The number of primary amides is 2. The molecule has 0 bridgehead atoms. The van der Waals surface area contributed by atoms with Gasteiger partial charge in [-0.1, -0.05) is 18.7 Å². The Hall–Kier alpha value is -6.28. The van der Waals surface area contributed by atoms with Crippen LogP contribution in [0.15, 0.2) is 88.0 Å². The number of carbonyl (C=O) groups is 2. The average molecular weight is 1160 g/mol. The van der Waals surface area contributed by atoms with Gasteiger partial charge in [-0.15, -0.1) is 5.34 Å². The molecule has 0 saturated heterocycles. The number of nitrogens with one attached hydrogen (secondary N) is 2. The number of aromatic amines is 2. The summed E-state index contributed by atoms with van der Waals surface area (Å²) in [6.07, 6.45) is 11.0. The molecule has 11 N–H and O–H groups in total. The van der Waals surface area contributed by atoms with Crippen molar-refractivity contribution < 1.29 is 68.6 Å². The van der Waals surface area contributed by atoms with Gasteiger partial charge in [0, 0.05) is 77.1 Å². The zero-order valence-corrected chi connectivity index (χ0v) is 47.7. The van der Waals surface area contributed by atoms with Gasteiger partial charge in [-0.3, -0.25) is 9.36 Å². The number of aromatic nitrogens is 10. The minimum Gasteiger partial charge on any atom is -0.444 e. The number of nitriles is 2. The fraction of sp³-hybridized carbons (Fsp3) is 0.325. The van der Waals surface area contributed by atoms with E-state index < -0.39 is 16.9 Å². The summed E-state index contributed by atoms with van der Waals surface area (Å²) >= 11 is 19.2. The molecule has 5 aromatic rings. The Balaban J connectivity index is -0.000000139. The van der Waals surface area contributed by atoms with E-state index in [4.69, 9.17) is 67.7 Å². The number of rotatable bonds is 8. The van der Waals surface area contributed by atoms with E-state index in [-0.39, 0.29) is 71.5 Å². The molecule has 0 aliphatic heterocycles. The van der Waals surface area contributed by atoms with E-state index >= 15 is 0 Å². The monoisotopic (exact) mass is 1160 g/mol. The third-order valence-electron chi connectivity index (χ3n) is 5.69. The molecule has 5 heterocycles. The van der Waals surface area contributed by atoms with E-state index in [1.165, 1.54) is 64.1 Å². The maximum absolute atomic E-state index is 10.5. The van der Waals surface area contributed by atoms with Gasteiger partial charge in [0.2, 0.25) is 5.28 Å². The summed E-state index contributed by atoms with van der Waals surface area (Å²) in [6.45, 7) is 13.2. The predicted molar refractivity (Wildman–Crippen MR) is 278 cm³/mol. The van der Waals surface area contributed by atoms with Crippen LogP contribution < -0.4 is 58.1 Å². The number of carbonyl (C=O) groups excluding carboxylic acids is 2. The largest absolute Gasteiger partial charge is 1.00 e. The first-order valence-corrected chi connectivity index (χ1v) is 24.6. The van der Waals surface area contributed by atoms with Crippen LogP contribution in [0, 0.1) is 39.7 Å². The van der Waals surface area contributed by atoms with Crippen LogP contribution in [0.4, 0.5) is 4.79 Å². The molecule has 0 aliphatic rings. The Kier molecular flexibility index (Phi) is 64.6. The van der Waals surface area contributed by atoms with Crippen molar-refractivity contribution in [1.82, 2.24) is 49.8 Å². The molecule has 35 heteroatoms. The number of oxime groups is 1. The van der Waals surface area contributed by atoms with E-state index in [9.17, 15) is 18.9 Å². The minimum absolute atomic E-state index is 0. The van der Waals surface area contributed by atoms with E-state index in [2.05, 4.69) is 107 Å².